The van der Waals surface area contributed by atoms with Crippen molar-refractivity contribution in [1.29, 1.82) is 0 Å². The maximum Gasteiger partial charge on any atom is 0.281 e. The molecule has 0 atom stereocenters. The minimum atomic E-state index is -3.20. The van der Waals surface area contributed by atoms with Gasteiger partial charge in [-0.25, -0.2) is 0 Å². The van der Waals surface area contributed by atoms with Gasteiger partial charge in [0.25, 0.3) is 10.2 Å². The van der Waals surface area contributed by atoms with Gasteiger partial charge in [-0.2, -0.15) is 17.0 Å². The largest absolute Gasteiger partial charge is 0.319 e. The van der Waals surface area contributed by atoms with Crippen LogP contribution in [-0.2, 0) is 10.2 Å². The standard InChI is InChI=1S/C10H23N3O2S/c1-4-12(3)16(14,15)13-7-5-10(6-8-13)9-11-2/h10-11H,4-9H2,1-3H3. The molecule has 0 amide bonds. The van der Waals surface area contributed by atoms with E-state index in [0.717, 1.165) is 19.4 Å². The predicted molar refractivity (Wildman–Crippen MR) is 65.4 cm³/mol. The van der Waals surface area contributed by atoms with Crippen LogP contribution in [0, 0.1) is 5.92 Å². The van der Waals surface area contributed by atoms with E-state index in [0.29, 0.717) is 25.6 Å². The Kier molecular flexibility index (Phi) is 5.17. The fourth-order valence-corrected chi connectivity index (χ4v) is 3.39. The topological polar surface area (TPSA) is 52.7 Å². The Morgan fingerprint density at radius 1 is 1.38 bits per heavy atom. The number of nitrogens with one attached hydrogen (secondary N) is 1. The molecule has 6 heteroatoms. The zero-order valence-electron chi connectivity index (χ0n) is 10.4. The fourth-order valence-electron chi connectivity index (χ4n) is 1.99. The summed E-state index contributed by atoms with van der Waals surface area (Å²) in [7, 11) is 0.368. The van der Waals surface area contributed by atoms with Crippen molar-refractivity contribution < 1.29 is 8.42 Å². The number of piperidine rings is 1. The van der Waals surface area contributed by atoms with Gasteiger partial charge in [-0.1, -0.05) is 6.92 Å². The van der Waals surface area contributed by atoms with E-state index < -0.39 is 10.2 Å². The highest BCUT2D eigenvalue weighted by Gasteiger charge is 2.29. The molecular formula is C10H23N3O2S. The molecular weight excluding hydrogens is 226 g/mol. The van der Waals surface area contributed by atoms with Gasteiger partial charge in [0.15, 0.2) is 0 Å². The number of hydrogen-bond donors (Lipinski definition) is 1. The van der Waals surface area contributed by atoms with E-state index in [1.54, 1.807) is 11.4 Å². The van der Waals surface area contributed by atoms with Crippen LogP contribution < -0.4 is 5.32 Å². The van der Waals surface area contributed by atoms with Gasteiger partial charge in [-0.05, 0) is 32.4 Å². The Morgan fingerprint density at radius 2 is 1.94 bits per heavy atom. The van der Waals surface area contributed by atoms with Crippen molar-refractivity contribution >= 4 is 10.2 Å². The van der Waals surface area contributed by atoms with E-state index in [9.17, 15) is 8.42 Å². The van der Waals surface area contributed by atoms with Crippen LogP contribution in [0.5, 0.6) is 0 Å². The number of nitrogens with zero attached hydrogens (tertiary/aromatic N) is 2. The second kappa shape index (κ2) is 5.95. The molecule has 0 aromatic rings. The first kappa shape index (κ1) is 13.9. The normalized spacial score (nSPS) is 20.5. The smallest absolute Gasteiger partial charge is 0.281 e. The van der Waals surface area contributed by atoms with Crippen LogP contribution in [-0.4, -0.2) is 57.3 Å². The van der Waals surface area contributed by atoms with Gasteiger partial charge in [-0.3, -0.25) is 0 Å². The van der Waals surface area contributed by atoms with Gasteiger partial charge >= 0.3 is 0 Å². The lowest BCUT2D eigenvalue weighted by molar-refractivity contribution is 0.257. The Bertz CT molecular complexity index is 297. The molecule has 1 fully saturated rings. The quantitative estimate of drug-likeness (QED) is 0.752. The van der Waals surface area contributed by atoms with Gasteiger partial charge in [-0.15, -0.1) is 0 Å². The van der Waals surface area contributed by atoms with Gasteiger partial charge < -0.3 is 5.32 Å². The van der Waals surface area contributed by atoms with E-state index in [1.165, 1.54) is 4.31 Å². The summed E-state index contributed by atoms with van der Waals surface area (Å²) < 4.78 is 27.0. The molecule has 0 bridgehead atoms. The zero-order chi connectivity index (χ0) is 12.2. The summed E-state index contributed by atoms with van der Waals surface area (Å²) in [5.74, 6) is 0.614. The van der Waals surface area contributed by atoms with Crippen molar-refractivity contribution in [1.82, 2.24) is 13.9 Å². The van der Waals surface area contributed by atoms with E-state index in [4.69, 9.17) is 0 Å². The lowest BCUT2D eigenvalue weighted by Gasteiger charge is -2.33. The summed E-state index contributed by atoms with van der Waals surface area (Å²) in [6, 6.07) is 0. The zero-order valence-corrected chi connectivity index (χ0v) is 11.3. The highest BCUT2D eigenvalue weighted by atomic mass is 32.2. The highest BCUT2D eigenvalue weighted by molar-refractivity contribution is 7.86. The highest BCUT2D eigenvalue weighted by Crippen LogP contribution is 2.20. The molecule has 1 rings (SSSR count). The summed E-state index contributed by atoms with van der Waals surface area (Å²) in [4.78, 5) is 0. The Balaban J connectivity index is 2.53. The third kappa shape index (κ3) is 3.16. The average Bonchev–Trinajstić information content (AvgIpc) is 2.29. The van der Waals surface area contributed by atoms with Crippen LogP contribution in [0.3, 0.4) is 0 Å². The lowest BCUT2D eigenvalue weighted by atomic mass is 9.98. The molecule has 0 aliphatic carbocycles. The second-order valence-electron chi connectivity index (χ2n) is 4.32. The summed E-state index contributed by atoms with van der Waals surface area (Å²) in [6.45, 7) is 4.67. The third-order valence-corrected chi connectivity index (χ3v) is 5.30. The molecule has 1 saturated heterocycles. The molecule has 16 heavy (non-hydrogen) atoms. The molecule has 0 unspecified atom stereocenters. The molecule has 1 heterocycles. The predicted octanol–water partition coefficient (Wildman–Crippen LogP) is 0.114. The van der Waals surface area contributed by atoms with Crippen molar-refractivity contribution in [3.05, 3.63) is 0 Å². The molecule has 1 aliphatic rings. The number of hydrogen-bond acceptors (Lipinski definition) is 3. The molecule has 0 spiro atoms. The van der Waals surface area contributed by atoms with Crippen molar-refractivity contribution in [2.45, 2.75) is 19.8 Å². The van der Waals surface area contributed by atoms with Crippen LogP contribution in [0.25, 0.3) is 0 Å². The molecule has 0 saturated carbocycles. The number of rotatable bonds is 5. The summed E-state index contributed by atoms with van der Waals surface area (Å²) in [5.41, 5.74) is 0. The van der Waals surface area contributed by atoms with Crippen molar-refractivity contribution in [3.63, 3.8) is 0 Å². The van der Waals surface area contributed by atoms with Crippen molar-refractivity contribution in [2.24, 2.45) is 5.92 Å². The molecule has 0 radical (unpaired) electrons. The van der Waals surface area contributed by atoms with Crippen LogP contribution >= 0.6 is 0 Å². The minimum absolute atomic E-state index is 0.527. The first-order valence-corrected chi connectivity index (χ1v) is 7.28. The van der Waals surface area contributed by atoms with Gasteiger partial charge in [0.2, 0.25) is 0 Å². The van der Waals surface area contributed by atoms with Crippen LogP contribution in [0.4, 0.5) is 0 Å². The van der Waals surface area contributed by atoms with Crippen molar-refractivity contribution in [3.8, 4) is 0 Å². The van der Waals surface area contributed by atoms with E-state index in [2.05, 4.69) is 5.32 Å². The van der Waals surface area contributed by atoms with Crippen LogP contribution in [0.1, 0.15) is 19.8 Å². The maximum atomic E-state index is 12.0. The van der Waals surface area contributed by atoms with E-state index in [1.807, 2.05) is 14.0 Å². The monoisotopic (exact) mass is 249 g/mol. The van der Waals surface area contributed by atoms with Gasteiger partial charge in [0.05, 0.1) is 0 Å². The molecule has 5 nitrogen and oxygen atoms in total. The summed E-state index contributed by atoms with van der Waals surface area (Å²) in [5, 5.41) is 3.15. The summed E-state index contributed by atoms with van der Waals surface area (Å²) >= 11 is 0. The Hall–Kier alpha value is -0.170. The fraction of sp³-hybridized carbons (Fsp3) is 1.00. The average molecular weight is 249 g/mol. The maximum absolute atomic E-state index is 12.0. The van der Waals surface area contributed by atoms with E-state index >= 15 is 0 Å². The second-order valence-corrected chi connectivity index (χ2v) is 6.36. The van der Waals surface area contributed by atoms with Gasteiger partial charge in [0, 0.05) is 26.7 Å². The first-order valence-electron chi connectivity index (χ1n) is 5.88. The first-order chi connectivity index (χ1) is 7.52. The van der Waals surface area contributed by atoms with Crippen LogP contribution in [0.2, 0.25) is 0 Å². The molecule has 0 aromatic heterocycles. The van der Waals surface area contributed by atoms with Crippen LogP contribution in [0.15, 0.2) is 0 Å². The van der Waals surface area contributed by atoms with E-state index in [-0.39, 0.29) is 0 Å². The molecule has 1 N–H and O–H groups in total. The molecule has 96 valence electrons. The molecule has 1 aliphatic heterocycles. The summed E-state index contributed by atoms with van der Waals surface area (Å²) in [6.07, 6.45) is 1.91. The minimum Gasteiger partial charge on any atom is -0.319 e. The SMILES string of the molecule is CCN(C)S(=O)(=O)N1CCC(CNC)CC1. The Morgan fingerprint density at radius 3 is 2.38 bits per heavy atom. The lowest BCUT2D eigenvalue weighted by Crippen LogP contribution is -2.46. The Labute approximate surface area is 99.0 Å². The van der Waals surface area contributed by atoms with Gasteiger partial charge in [0.1, 0.15) is 0 Å². The molecule has 0 aromatic carbocycles. The third-order valence-electron chi connectivity index (χ3n) is 3.23. The van der Waals surface area contributed by atoms with Crippen molar-refractivity contribution in [2.75, 3.05) is 40.3 Å².